The quantitative estimate of drug-likeness (QED) is 0.232. The van der Waals surface area contributed by atoms with Gasteiger partial charge >= 0.3 is 0 Å². The van der Waals surface area contributed by atoms with Crippen LogP contribution in [-0.2, 0) is 19.4 Å². The Hall–Kier alpha value is -3.31. The van der Waals surface area contributed by atoms with Crippen molar-refractivity contribution < 1.29 is 9.53 Å². The number of nitrogens with zero attached hydrogens (tertiary/aromatic N) is 2. The molecule has 0 bridgehead atoms. The SMILES string of the molecule is CCc1ccc(OCCn2c(CCCCCNC(=O)c3ccccc3Cl)nc3ccccc32)cc1. The van der Waals surface area contributed by atoms with Crippen LogP contribution in [-0.4, -0.2) is 28.6 Å². The van der Waals surface area contributed by atoms with Crippen molar-refractivity contribution in [2.75, 3.05) is 13.2 Å². The van der Waals surface area contributed by atoms with E-state index in [4.69, 9.17) is 21.3 Å². The minimum absolute atomic E-state index is 0.123. The number of fused-ring (bicyclic) bond motifs is 1. The second-order valence-corrected chi connectivity index (χ2v) is 8.97. The van der Waals surface area contributed by atoms with Gasteiger partial charge in [-0.2, -0.15) is 0 Å². The summed E-state index contributed by atoms with van der Waals surface area (Å²) < 4.78 is 8.28. The van der Waals surface area contributed by atoms with E-state index in [1.54, 1.807) is 12.1 Å². The van der Waals surface area contributed by atoms with Crippen molar-refractivity contribution in [1.29, 1.82) is 0 Å². The van der Waals surface area contributed by atoms with E-state index in [9.17, 15) is 4.79 Å². The largest absolute Gasteiger partial charge is 0.492 e. The highest BCUT2D eigenvalue weighted by Gasteiger charge is 2.11. The molecule has 1 amide bonds. The van der Waals surface area contributed by atoms with E-state index in [2.05, 4.69) is 47.1 Å². The van der Waals surface area contributed by atoms with Gasteiger partial charge in [0.05, 0.1) is 28.2 Å². The van der Waals surface area contributed by atoms with Gasteiger partial charge in [0.1, 0.15) is 18.2 Å². The number of amides is 1. The summed E-state index contributed by atoms with van der Waals surface area (Å²) in [5, 5.41) is 3.44. The van der Waals surface area contributed by atoms with Crippen molar-refractivity contribution in [3.05, 3.63) is 94.8 Å². The van der Waals surface area contributed by atoms with Crippen molar-refractivity contribution in [3.8, 4) is 5.75 Å². The summed E-state index contributed by atoms with van der Waals surface area (Å²) in [5.74, 6) is 1.85. The molecule has 0 atom stereocenters. The van der Waals surface area contributed by atoms with Crippen molar-refractivity contribution in [1.82, 2.24) is 14.9 Å². The number of imidazole rings is 1. The molecule has 0 radical (unpaired) electrons. The third kappa shape index (κ3) is 6.64. The molecule has 35 heavy (non-hydrogen) atoms. The number of hydrogen-bond donors (Lipinski definition) is 1. The van der Waals surface area contributed by atoms with Crippen molar-refractivity contribution >= 4 is 28.5 Å². The summed E-state index contributed by atoms with van der Waals surface area (Å²) >= 11 is 6.10. The highest BCUT2D eigenvalue weighted by molar-refractivity contribution is 6.33. The number of aromatic nitrogens is 2. The summed E-state index contributed by atoms with van der Waals surface area (Å²) in [7, 11) is 0. The molecule has 3 aromatic carbocycles. The molecule has 0 aliphatic carbocycles. The fourth-order valence-corrected chi connectivity index (χ4v) is 4.39. The molecule has 0 saturated heterocycles. The lowest BCUT2D eigenvalue weighted by Gasteiger charge is -2.11. The fraction of sp³-hybridized carbons (Fsp3) is 0.310. The second-order valence-electron chi connectivity index (χ2n) is 8.56. The Morgan fingerprint density at radius 2 is 1.74 bits per heavy atom. The van der Waals surface area contributed by atoms with Crippen LogP contribution in [0.4, 0.5) is 0 Å². The number of unbranched alkanes of at least 4 members (excludes halogenated alkanes) is 2. The highest BCUT2D eigenvalue weighted by atomic mass is 35.5. The fourth-order valence-electron chi connectivity index (χ4n) is 4.17. The summed E-state index contributed by atoms with van der Waals surface area (Å²) in [6, 6.07) is 23.7. The van der Waals surface area contributed by atoms with E-state index >= 15 is 0 Å². The number of para-hydroxylation sites is 2. The summed E-state index contributed by atoms with van der Waals surface area (Å²) in [6.45, 7) is 4.12. The standard InChI is InChI=1S/C29H32ClN3O2/c1-2-22-15-17-23(18-16-22)35-21-20-33-27-13-8-7-12-26(27)32-28(33)14-4-3-9-19-31-29(34)24-10-5-6-11-25(24)30/h5-8,10-13,15-18H,2-4,9,14,19-21H2,1H3,(H,31,34). The van der Waals surface area contributed by atoms with Crippen LogP contribution < -0.4 is 10.1 Å². The normalized spacial score (nSPS) is 11.0. The van der Waals surface area contributed by atoms with Gasteiger partial charge in [-0.15, -0.1) is 0 Å². The molecule has 0 spiro atoms. The van der Waals surface area contributed by atoms with Gasteiger partial charge in [0.25, 0.3) is 5.91 Å². The zero-order valence-corrected chi connectivity index (χ0v) is 20.9. The zero-order valence-electron chi connectivity index (χ0n) is 20.2. The van der Waals surface area contributed by atoms with Crippen LogP contribution in [0.5, 0.6) is 5.75 Å². The number of ether oxygens (including phenoxy) is 1. The van der Waals surface area contributed by atoms with Crippen LogP contribution in [0.1, 0.15) is 47.9 Å². The molecular formula is C29H32ClN3O2. The first-order valence-electron chi connectivity index (χ1n) is 12.3. The van der Waals surface area contributed by atoms with E-state index in [0.717, 1.165) is 61.3 Å². The first-order valence-corrected chi connectivity index (χ1v) is 12.7. The topological polar surface area (TPSA) is 56.1 Å². The molecule has 1 N–H and O–H groups in total. The Balaban J connectivity index is 1.27. The van der Waals surface area contributed by atoms with Crippen LogP contribution in [0.25, 0.3) is 11.0 Å². The van der Waals surface area contributed by atoms with Crippen molar-refractivity contribution in [3.63, 3.8) is 0 Å². The Bertz CT molecular complexity index is 1250. The third-order valence-electron chi connectivity index (χ3n) is 6.13. The van der Waals surface area contributed by atoms with Crippen LogP contribution in [0, 0.1) is 0 Å². The molecule has 0 fully saturated rings. The first-order chi connectivity index (χ1) is 17.2. The van der Waals surface area contributed by atoms with E-state index in [0.29, 0.717) is 23.7 Å². The van der Waals surface area contributed by atoms with Gasteiger partial charge in [0.2, 0.25) is 0 Å². The van der Waals surface area contributed by atoms with Crippen LogP contribution in [0.2, 0.25) is 5.02 Å². The molecule has 0 aliphatic rings. The van der Waals surface area contributed by atoms with E-state index in [1.807, 2.05) is 30.3 Å². The van der Waals surface area contributed by atoms with Gasteiger partial charge in [0, 0.05) is 13.0 Å². The summed E-state index contributed by atoms with van der Waals surface area (Å²) in [5.41, 5.74) is 3.98. The average Bonchev–Trinajstić information content (AvgIpc) is 3.24. The number of hydrogen-bond acceptors (Lipinski definition) is 3. The summed E-state index contributed by atoms with van der Waals surface area (Å²) in [6.07, 6.45) is 4.83. The zero-order chi connectivity index (χ0) is 24.5. The second kappa shape index (κ2) is 12.4. The number of benzene rings is 3. The molecule has 0 aliphatic heterocycles. The van der Waals surface area contributed by atoms with E-state index < -0.39 is 0 Å². The van der Waals surface area contributed by atoms with Gasteiger partial charge < -0.3 is 14.6 Å². The lowest BCUT2D eigenvalue weighted by molar-refractivity contribution is 0.0953. The number of nitrogens with one attached hydrogen (secondary N) is 1. The monoisotopic (exact) mass is 489 g/mol. The molecule has 0 unspecified atom stereocenters. The Morgan fingerprint density at radius 3 is 2.54 bits per heavy atom. The van der Waals surface area contributed by atoms with E-state index in [1.165, 1.54) is 5.56 Å². The molecule has 4 aromatic rings. The van der Waals surface area contributed by atoms with Crippen LogP contribution in [0.3, 0.4) is 0 Å². The van der Waals surface area contributed by atoms with E-state index in [-0.39, 0.29) is 5.91 Å². The highest BCUT2D eigenvalue weighted by Crippen LogP contribution is 2.19. The number of halogens is 1. The Kier molecular flexibility index (Phi) is 8.79. The lowest BCUT2D eigenvalue weighted by atomic mass is 10.1. The first kappa shape index (κ1) is 24.8. The maximum atomic E-state index is 12.3. The number of carbonyl (C=O) groups is 1. The molecule has 182 valence electrons. The molecular weight excluding hydrogens is 458 g/mol. The molecule has 4 rings (SSSR count). The van der Waals surface area contributed by atoms with Gasteiger partial charge in [0.15, 0.2) is 0 Å². The van der Waals surface area contributed by atoms with Crippen molar-refractivity contribution in [2.24, 2.45) is 0 Å². The molecule has 6 heteroatoms. The Morgan fingerprint density at radius 1 is 0.971 bits per heavy atom. The third-order valence-corrected chi connectivity index (χ3v) is 6.46. The number of rotatable bonds is 12. The number of carbonyl (C=O) groups excluding carboxylic acids is 1. The molecule has 0 saturated carbocycles. The predicted octanol–water partition coefficient (Wildman–Crippen LogP) is 6.47. The molecule has 1 aromatic heterocycles. The minimum atomic E-state index is -0.123. The van der Waals surface area contributed by atoms with Gasteiger partial charge in [-0.1, -0.05) is 61.3 Å². The minimum Gasteiger partial charge on any atom is -0.492 e. The Labute approximate surface area is 212 Å². The molecule has 5 nitrogen and oxygen atoms in total. The average molecular weight is 490 g/mol. The van der Waals surface area contributed by atoms with Crippen LogP contribution in [0.15, 0.2) is 72.8 Å². The number of aryl methyl sites for hydroxylation is 2. The van der Waals surface area contributed by atoms with Gasteiger partial charge in [-0.05, 0) is 61.2 Å². The summed E-state index contributed by atoms with van der Waals surface area (Å²) in [4.78, 5) is 17.2. The maximum Gasteiger partial charge on any atom is 0.252 e. The van der Waals surface area contributed by atoms with Crippen molar-refractivity contribution in [2.45, 2.75) is 45.6 Å². The van der Waals surface area contributed by atoms with Gasteiger partial charge in [-0.3, -0.25) is 4.79 Å². The van der Waals surface area contributed by atoms with Crippen LogP contribution >= 0.6 is 11.6 Å². The van der Waals surface area contributed by atoms with Gasteiger partial charge in [-0.25, -0.2) is 4.98 Å². The predicted molar refractivity (Wildman–Crippen MR) is 142 cm³/mol. The maximum absolute atomic E-state index is 12.3. The molecule has 1 heterocycles. The smallest absolute Gasteiger partial charge is 0.252 e. The lowest BCUT2D eigenvalue weighted by Crippen LogP contribution is -2.24.